The highest BCUT2D eigenvalue weighted by Crippen LogP contribution is 2.12. The molecule has 5 nitrogen and oxygen atoms in total. The molecule has 0 bridgehead atoms. The molecule has 1 aromatic heterocycles. The first-order valence-corrected chi connectivity index (χ1v) is 3.32. The molecule has 0 aliphatic carbocycles. The summed E-state index contributed by atoms with van der Waals surface area (Å²) >= 11 is 0. The Morgan fingerprint density at radius 2 is 2.25 bits per heavy atom. The van der Waals surface area contributed by atoms with Gasteiger partial charge in [0.25, 0.3) is 0 Å². The zero-order chi connectivity index (χ0) is 8.55. The normalized spacial score (nSPS) is 10.3. The number of rotatable bonds is 1. The predicted octanol–water partition coefficient (Wildman–Crippen LogP) is 0.656. The largest absolute Gasteiger partial charge is 0.478 e. The Labute approximate surface area is 67.0 Å². The van der Waals surface area contributed by atoms with Gasteiger partial charge in [-0.25, -0.2) is 4.79 Å². The van der Waals surface area contributed by atoms with Gasteiger partial charge in [-0.2, -0.15) is 15.4 Å². The summed E-state index contributed by atoms with van der Waals surface area (Å²) in [6, 6.07) is 4.83. The maximum absolute atomic E-state index is 10.6. The lowest BCUT2D eigenvalue weighted by Crippen LogP contribution is -1.96. The highest BCUT2D eigenvalue weighted by Gasteiger charge is 2.09. The zero-order valence-corrected chi connectivity index (χ0v) is 5.98. The number of carboxylic acids is 1. The number of hydrogen-bond donors (Lipinski definition) is 2. The molecule has 0 radical (unpaired) electrons. The Morgan fingerprint density at radius 3 is 3.00 bits per heavy atom. The van der Waals surface area contributed by atoms with Crippen molar-refractivity contribution in [3.05, 3.63) is 23.8 Å². The molecule has 5 heteroatoms. The lowest BCUT2D eigenvalue weighted by Gasteiger charge is -1.91. The second kappa shape index (κ2) is 2.30. The van der Waals surface area contributed by atoms with Crippen LogP contribution in [-0.2, 0) is 0 Å². The average Bonchev–Trinajstić information content (AvgIpc) is 2.49. The van der Waals surface area contributed by atoms with E-state index in [0.29, 0.717) is 11.0 Å². The van der Waals surface area contributed by atoms with Crippen molar-refractivity contribution >= 4 is 17.0 Å². The summed E-state index contributed by atoms with van der Waals surface area (Å²) in [6.45, 7) is 0. The first-order valence-electron chi connectivity index (χ1n) is 3.32. The summed E-state index contributed by atoms with van der Waals surface area (Å²) < 4.78 is 0. The standard InChI is InChI=1S/C7H5N3O2/c11-7(12)4-2-1-3-5-6(4)9-10-8-5/h1-3H,(H,11,12)(H,8,9,10). The molecule has 0 atom stereocenters. The van der Waals surface area contributed by atoms with E-state index in [4.69, 9.17) is 5.11 Å². The van der Waals surface area contributed by atoms with Crippen LogP contribution in [0.15, 0.2) is 18.2 Å². The summed E-state index contributed by atoms with van der Waals surface area (Å²) in [4.78, 5) is 10.6. The second-order valence-corrected chi connectivity index (χ2v) is 2.30. The molecule has 0 aliphatic rings. The van der Waals surface area contributed by atoms with Gasteiger partial charge in [-0.15, -0.1) is 0 Å². The molecule has 0 unspecified atom stereocenters. The van der Waals surface area contributed by atoms with E-state index < -0.39 is 5.97 Å². The van der Waals surface area contributed by atoms with Crippen molar-refractivity contribution in [3.63, 3.8) is 0 Å². The first-order chi connectivity index (χ1) is 5.79. The number of aromatic carboxylic acids is 1. The summed E-state index contributed by atoms with van der Waals surface area (Å²) in [6.07, 6.45) is 0. The summed E-state index contributed by atoms with van der Waals surface area (Å²) in [5.41, 5.74) is 1.13. The Hall–Kier alpha value is -1.91. The van der Waals surface area contributed by atoms with Crippen molar-refractivity contribution in [2.75, 3.05) is 0 Å². The van der Waals surface area contributed by atoms with Gasteiger partial charge < -0.3 is 5.11 Å². The molecule has 0 saturated carbocycles. The fourth-order valence-corrected chi connectivity index (χ4v) is 1.04. The fraction of sp³-hybridized carbons (Fsp3) is 0. The molecule has 1 heterocycles. The van der Waals surface area contributed by atoms with Crippen LogP contribution < -0.4 is 0 Å². The molecule has 2 rings (SSSR count). The Bertz CT molecular complexity index is 435. The van der Waals surface area contributed by atoms with Crippen LogP contribution in [0, 0.1) is 0 Å². The number of nitrogens with one attached hydrogen (secondary N) is 1. The number of aromatic amines is 1. The first kappa shape index (κ1) is 6.78. The van der Waals surface area contributed by atoms with Gasteiger partial charge >= 0.3 is 5.97 Å². The van der Waals surface area contributed by atoms with Gasteiger partial charge in [0, 0.05) is 0 Å². The molecule has 12 heavy (non-hydrogen) atoms. The molecular formula is C7H5N3O2. The van der Waals surface area contributed by atoms with E-state index in [1.165, 1.54) is 6.07 Å². The zero-order valence-electron chi connectivity index (χ0n) is 5.98. The average molecular weight is 163 g/mol. The number of aromatic nitrogens is 3. The summed E-state index contributed by atoms with van der Waals surface area (Å²) in [5, 5.41) is 18.6. The van der Waals surface area contributed by atoms with E-state index in [-0.39, 0.29) is 5.56 Å². The number of hydrogen-bond acceptors (Lipinski definition) is 3. The Kier molecular flexibility index (Phi) is 1.30. The van der Waals surface area contributed by atoms with Gasteiger partial charge in [-0.1, -0.05) is 6.07 Å². The van der Waals surface area contributed by atoms with Crippen molar-refractivity contribution < 1.29 is 9.90 Å². The van der Waals surface area contributed by atoms with Gasteiger partial charge in [0.05, 0.1) is 5.56 Å². The van der Waals surface area contributed by atoms with Gasteiger partial charge in [0.1, 0.15) is 11.0 Å². The van der Waals surface area contributed by atoms with Crippen LogP contribution in [0.3, 0.4) is 0 Å². The number of carboxylic acid groups (broad SMARTS) is 1. The third-order valence-corrected chi connectivity index (χ3v) is 1.58. The molecule has 0 fully saturated rings. The van der Waals surface area contributed by atoms with Crippen molar-refractivity contribution in [2.24, 2.45) is 0 Å². The lowest BCUT2D eigenvalue weighted by molar-refractivity contribution is 0.0699. The van der Waals surface area contributed by atoms with Gasteiger partial charge in [-0.3, -0.25) is 0 Å². The van der Waals surface area contributed by atoms with E-state index in [1.807, 2.05) is 0 Å². The van der Waals surface area contributed by atoms with E-state index in [1.54, 1.807) is 12.1 Å². The summed E-state index contributed by atoms with van der Waals surface area (Å²) in [5.74, 6) is -0.991. The quantitative estimate of drug-likeness (QED) is 0.647. The van der Waals surface area contributed by atoms with Crippen molar-refractivity contribution in [3.8, 4) is 0 Å². The highest BCUT2D eigenvalue weighted by molar-refractivity contribution is 6.00. The molecule has 0 spiro atoms. The number of H-pyrrole nitrogens is 1. The highest BCUT2D eigenvalue weighted by atomic mass is 16.4. The van der Waals surface area contributed by atoms with Crippen LogP contribution in [0.4, 0.5) is 0 Å². The smallest absolute Gasteiger partial charge is 0.338 e. The van der Waals surface area contributed by atoms with Crippen LogP contribution in [0.1, 0.15) is 10.4 Å². The molecule has 0 aliphatic heterocycles. The minimum Gasteiger partial charge on any atom is -0.478 e. The van der Waals surface area contributed by atoms with Gasteiger partial charge in [0.2, 0.25) is 0 Å². The number of fused-ring (bicyclic) bond motifs is 1. The Balaban J connectivity index is 2.82. The maximum atomic E-state index is 10.6. The number of para-hydroxylation sites is 1. The van der Waals surface area contributed by atoms with Crippen molar-refractivity contribution in [1.29, 1.82) is 0 Å². The summed E-state index contributed by atoms with van der Waals surface area (Å²) in [7, 11) is 0. The topological polar surface area (TPSA) is 78.9 Å². The monoisotopic (exact) mass is 163 g/mol. The van der Waals surface area contributed by atoms with E-state index in [2.05, 4.69) is 15.4 Å². The predicted molar refractivity (Wildman–Crippen MR) is 40.8 cm³/mol. The maximum Gasteiger partial charge on any atom is 0.338 e. The molecule has 0 saturated heterocycles. The molecule has 2 aromatic rings. The van der Waals surface area contributed by atoms with Gasteiger partial charge in [-0.05, 0) is 12.1 Å². The minimum absolute atomic E-state index is 0.168. The van der Waals surface area contributed by atoms with E-state index in [9.17, 15) is 4.79 Å². The minimum atomic E-state index is -0.991. The third-order valence-electron chi connectivity index (χ3n) is 1.58. The van der Waals surface area contributed by atoms with Crippen LogP contribution in [0.5, 0.6) is 0 Å². The third kappa shape index (κ3) is 0.833. The second-order valence-electron chi connectivity index (χ2n) is 2.30. The van der Waals surface area contributed by atoms with Gasteiger partial charge in [0.15, 0.2) is 0 Å². The van der Waals surface area contributed by atoms with Crippen molar-refractivity contribution in [2.45, 2.75) is 0 Å². The molecule has 1 aromatic carbocycles. The molecule has 60 valence electrons. The van der Waals surface area contributed by atoms with E-state index >= 15 is 0 Å². The molecule has 0 amide bonds. The number of carbonyl (C=O) groups is 1. The van der Waals surface area contributed by atoms with Crippen LogP contribution >= 0.6 is 0 Å². The van der Waals surface area contributed by atoms with Crippen LogP contribution in [0.25, 0.3) is 11.0 Å². The lowest BCUT2D eigenvalue weighted by atomic mass is 10.2. The molecule has 2 N–H and O–H groups in total. The van der Waals surface area contributed by atoms with Crippen LogP contribution in [0.2, 0.25) is 0 Å². The van der Waals surface area contributed by atoms with Crippen LogP contribution in [-0.4, -0.2) is 26.5 Å². The number of nitrogens with zero attached hydrogens (tertiary/aromatic N) is 2. The van der Waals surface area contributed by atoms with E-state index in [0.717, 1.165) is 0 Å². The SMILES string of the molecule is O=C(O)c1cccc2n[nH]nc12. The fourth-order valence-electron chi connectivity index (χ4n) is 1.04. The number of benzene rings is 1. The Morgan fingerprint density at radius 1 is 1.42 bits per heavy atom. The molecular weight excluding hydrogens is 158 g/mol. The van der Waals surface area contributed by atoms with Crippen molar-refractivity contribution in [1.82, 2.24) is 15.4 Å².